The lowest BCUT2D eigenvalue weighted by molar-refractivity contribution is -0.147. The van der Waals surface area contributed by atoms with E-state index in [9.17, 15) is 18.0 Å². The molecule has 1 aliphatic heterocycles. The minimum Gasteiger partial charge on any atom is -0.450 e. The van der Waals surface area contributed by atoms with Gasteiger partial charge in [0.2, 0.25) is 5.82 Å². The maximum absolute atomic E-state index is 13.1. The maximum Gasteiger partial charge on any atom is 0.451 e. The van der Waals surface area contributed by atoms with Crippen LogP contribution >= 0.6 is 0 Å². The number of aromatic nitrogens is 3. The van der Waals surface area contributed by atoms with Crippen molar-refractivity contribution in [3.63, 3.8) is 0 Å². The van der Waals surface area contributed by atoms with Crippen LogP contribution in [0.15, 0.2) is 40.8 Å². The number of amides is 1. The van der Waals surface area contributed by atoms with Crippen molar-refractivity contribution >= 4 is 27.6 Å². The summed E-state index contributed by atoms with van der Waals surface area (Å²) in [6, 6.07) is 11.6. The van der Waals surface area contributed by atoms with Gasteiger partial charge in [0, 0.05) is 29.4 Å². The summed E-state index contributed by atoms with van der Waals surface area (Å²) in [4.78, 5) is 14.5. The molecular formula is C20H15F3N4O2. The predicted molar refractivity (Wildman–Crippen MR) is 98.2 cm³/mol. The lowest BCUT2D eigenvalue weighted by atomic mass is 10.1. The molecule has 2 aromatic carbocycles. The fourth-order valence-corrected chi connectivity index (χ4v) is 3.84. The van der Waals surface area contributed by atoms with E-state index >= 15 is 0 Å². The van der Waals surface area contributed by atoms with Crippen molar-refractivity contribution in [3.05, 3.63) is 59.4 Å². The van der Waals surface area contributed by atoms with E-state index in [0.717, 1.165) is 20.7 Å². The van der Waals surface area contributed by atoms with Crippen molar-refractivity contribution in [2.75, 3.05) is 6.54 Å². The number of furan rings is 1. The largest absolute Gasteiger partial charge is 0.451 e. The molecule has 0 N–H and O–H groups in total. The number of hydrogen-bond acceptors (Lipinski definition) is 4. The highest BCUT2D eigenvalue weighted by Crippen LogP contribution is 2.33. The molecule has 148 valence electrons. The molecule has 4 aromatic rings. The molecule has 0 radical (unpaired) electrons. The molecule has 0 fully saturated rings. The number of benzene rings is 2. The number of alkyl halides is 3. The molecule has 0 atom stereocenters. The SMILES string of the molecule is Cc1c(C(=O)N2CCn3c(nnc3C(F)(F)F)C2)oc2c1ccc1ccccc12. The van der Waals surface area contributed by atoms with Gasteiger partial charge in [0.1, 0.15) is 5.58 Å². The first-order valence-corrected chi connectivity index (χ1v) is 9.04. The van der Waals surface area contributed by atoms with Gasteiger partial charge >= 0.3 is 6.18 Å². The first kappa shape index (κ1) is 17.7. The van der Waals surface area contributed by atoms with Crippen LogP contribution in [0.3, 0.4) is 0 Å². The second-order valence-electron chi connectivity index (χ2n) is 7.04. The van der Waals surface area contributed by atoms with E-state index in [0.29, 0.717) is 11.1 Å². The maximum atomic E-state index is 13.1. The second-order valence-corrected chi connectivity index (χ2v) is 7.04. The average molecular weight is 400 g/mol. The van der Waals surface area contributed by atoms with Crippen LogP contribution in [-0.2, 0) is 19.3 Å². The third-order valence-corrected chi connectivity index (χ3v) is 5.32. The number of rotatable bonds is 1. The minimum absolute atomic E-state index is 0.0227. The number of aryl methyl sites for hydroxylation is 1. The molecule has 29 heavy (non-hydrogen) atoms. The van der Waals surface area contributed by atoms with E-state index < -0.39 is 12.0 Å². The van der Waals surface area contributed by atoms with Crippen molar-refractivity contribution in [2.24, 2.45) is 0 Å². The van der Waals surface area contributed by atoms with Crippen molar-refractivity contribution in [3.8, 4) is 0 Å². The summed E-state index contributed by atoms with van der Waals surface area (Å²) in [7, 11) is 0. The highest BCUT2D eigenvalue weighted by Gasteiger charge is 2.40. The quantitative estimate of drug-likeness (QED) is 0.481. The molecule has 0 saturated heterocycles. The second kappa shape index (κ2) is 6.07. The van der Waals surface area contributed by atoms with Crippen LogP contribution in [0.4, 0.5) is 13.2 Å². The lowest BCUT2D eigenvalue weighted by Gasteiger charge is -2.27. The zero-order chi connectivity index (χ0) is 20.3. The van der Waals surface area contributed by atoms with Gasteiger partial charge in [-0.15, -0.1) is 10.2 Å². The Labute approximate surface area is 162 Å². The molecule has 0 saturated carbocycles. The predicted octanol–water partition coefficient (Wildman–Crippen LogP) is 4.16. The van der Waals surface area contributed by atoms with Crippen LogP contribution in [0.2, 0.25) is 0 Å². The fourth-order valence-electron chi connectivity index (χ4n) is 3.84. The summed E-state index contributed by atoms with van der Waals surface area (Å²) in [6.45, 7) is 1.84. The molecule has 0 unspecified atom stereocenters. The van der Waals surface area contributed by atoms with Gasteiger partial charge in [-0.05, 0) is 12.3 Å². The number of carbonyl (C=O) groups is 1. The van der Waals surface area contributed by atoms with Crippen molar-refractivity contribution in [2.45, 2.75) is 26.2 Å². The van der Waals surface area contributed by atoms with Crippen molar-refractivity contribution in [1.82, 2.24) is 19.7 Å². The Bertz CT molecular complexity index is 1270. The summed E-state index contributed by atoms with van der Waals surface area (Å²) in [5.41, 5.74) is 1.34. The number of carbonyl (C=O) groups excluding carboxylic acids is 1. The monoisotopic (exact) mass is 400 g/mol. The highest BCUT2D eigenvalue weighted by molar-refractivity contribution is 6.08. The van der Waals surface area contributed by atoms with E-state index in [-0.39, 0.29) is 37.1 Å². The van der Waals surface area contributed by atoms with E-state index in [1.54, 1.807) is 0 Å². The van der Waals surface area contributed by atoms with E-state index in [4.69, 9.17) is 4.42 Å². The smallest absolute Gasteiger partial charge is 0.450 e. The summed E-state index contributed by atoms with van der Waals surface area (Å²) in [5, 5.41) is 9.61. The zero-order valence-corrected chi connectivity index (χ0v) is 15.3. The molecule has 0 aliphatic carbocycles. The molecular weight excluding hydrogens is 385 g/mol. The standard InChI is InChI=1S/C20H15F3N4O2/c1-11-13-7-6-12-4-2-3-5-14(12)17(13)29-16(11)18(28)26-8-9-27-15(10-26)24-25-19(27)20(21,22)23/h2-7H,8-10H2,1H3. The van der Waals surface area contributed by atoms with E-state index in [1.165, 1.54) is 4.90 Å². The molecule has 6 nitrogen and oxygen atoms in total. The molecule has 1 aliphatic rings. The van der Waals surface area contributed by atoms with Crippen molar-refractivity contribution < 1.29 is 22.4 Å². The van der Waals surface area contributed by atoms with Gasteiger partial charge in [0.05, 0.1) is 6.54 Å². The Morgan fingerprint density at radius 3 is 2.66 bits per heavy atom. The fraction of sp³-hybridized carbons (Fsp3) is 0.250. The van der Waals surface area contributed by atoms with Crippen LogP contribution in [0.25, 0.3) is 21.7 Å². The first-order valence-electron chi connectivity index (χ1n) is 9.04. The summed E-state index contributed by atoms with van der Waals surface area (Å²) < 4.78 is 46.0. The number of halogens is 3. The number of fused-ring (bicyclic) bond motifs is 4. The Balaban J connectivity index is 1.51. The molecule has 5 rings (SSSR count). The Hall–Kier alpha value is -3.36. The van der Waals surface area contributed by atoms with Gasteiger partial charge in [-0.3, -0.25) is 4.79 Å². The van der Waals surface area contributed by atoms with Gasteiger partial charge in [-0.1, -0.05) is 36.4 Å². The first-order chi connectivity index (χ1) is 13.8. The molecule has 0 spiro atoms. The molecule has 3 heterocycles. The molecule has 9 heteroatoms. The van der Waals surface area contributed by atoms with Gasteiger partial charge in [-0.2, -0.15) is 13.2 Å². The number of hydrogen-bond donors (Lipinski definition) is 0. The zero-order valence-electron chi connectivity index (χ0n) is 15.3. The summed E-state index contributed by atoms with van der Waals surface area (Å²) in [5.74, 6) is -1.10. The van der Waals surface area contributed by atoms with Crippen LogP contribution in [0, 0.1) is 6.92 Å². The topological polar surface area (TPSA) is 64.2 Å². The highest BCUT2D eigenvalue weighted by atomic mass is 19.4. The van der Waals surface area contributed by atoms with Gasteiger partial charge in [0.15, 0.2) is 11.6 Å². The minimum atomic E-state index is -4.58. The average Bonchev–Trinajstić information content (AvgIpc) is 3.28. The van der Waals surface area contributed by atoms with Crippen LogP contribution in [0.1, 0.15) is 27.8 Å². The summed E-state index contributed by atoms with van der Waals surface area (Å²) in [6.07, 6.45) is -4.58. The van der Waals surface area contributed by atoms with Gasteiger partial charge < -0.3 is 13.9 Å². The molecule has 0 bridgehead atoms. The Kier molecular flexibility index (Phi) is 3.71. The Morgan fingerprint density at radius 1 is 1.07 bits per heavy atom. The normalized spacial score (nSPS) is 14.6. The third kappa shape index (κ3) is 2.68. The Morgan fingerprint density at radius 2 is 1.86 bits per heavy atom. The van der Waals surface area contributed by atoms with E-state index in [1.807, 2.05) is 43.3 Å². The molecule has 2 aromatic heterocycles. The number of nitrogens with zero attached hydrogens (tertiary/aromatic N) is 4. The lowest BCUT2D eigenvalue weighted by Crippen LogP contribution is -2.39. The molecule has 1 amide bonds. The van der Waals surface area contributed by atoms with Crippen LogP contribution < -0.4 is 0 Å². The van der Waals surface area contributed by atoms with Crippen LogP contribution in [0.5, 0.6) is 0 Å². The van der Waals surface area contributed by atoms with Gasteiger partial charge in [-0.25, -0.2) is 0 Å². The van der Waals surface area contributed by atoms with E-state index in [2.05, 4.69) is 10.2 Å². The third-order valence-electron chi connectivity index (χ3n) is 5.32. The van der Waals surface area contributed by atoms with Crippen LogP contribution in [-0.4, -0.2) is 32.1 Å². The van der Waals surface area contributed by atoms with Gasteiger partial charge in [0.25, 0.3) is 5.91 Å². The summed E-state index contributed by atoms with van der Waals surface area (Å²) >= 11 is 0. The van der Waals surface area contributed by atoms with Crippen molar-refractivity contribution in [1.29, 1.82) is 0 Å².